The number of hydrogen-bond donors (Lipinski definition) is 1. The predicted octanol–water partition coefficient (Wildman–Crippen LogP) is 3.21. The van der Waals surface area contributed by atoms with Gasteiger partial charge in [-0.1, -0.05) is 18.6 Å². The van der Waals surface area contributed by atoms with Crippen LogP contribution in [0.25, 0.3) is 0 Å². The SMILES string of the molecule is CCN(C[C@@H]1COc2ccccc2O1)C(=S)N[C@H]1C[C@@H]2CC[C@H]1C2. The fraction of sp³-hybridized carbons (Fsp3) is 0.632. The molecular formula is C19H26N2O2S. The van der Waals surface area contributed by atoms with E-state index in [9.17, 15) is 0 Å². The van der Waals surface area contributed by atoms with Crippen LogP contribution in [-0.4, -0.2) is 41.9 Å². The molecule has 130 valence electrons. The molecule has 4 nitrogen and oxygen atoms in total. The summed E-state index contributed by atoms with van der Waals surface area (Å²) >= 11 is 5.69. The van der Waals surface area contributed by atoms with Gasteiger partial charge >= 0.3 is 0 Å². The lowest BCUT2D eigenvalue weighted by Gasteiger charge is -2.34. The summed E-state index contributed by atoms with van der Waals surface area (Å²) in [4.78, 5) is 2.21. The molecule has 0 aromatic heterocycles. The van der Waals surface area contributed by atoms with Crippen molar-refractivity contribution in [3.63, 3.8) is 0 Å². The van der Waals surface area contributed by atoms with E-state index in [1.807, 2.05) is 24.3 Å². The standard InChI is InChI=1S/C19H26N2O2S/c1-2-21(19(24)20-16-10-13-7-8-14(16)9-13)11-15-12-22-17-5-3-4-6-18(17)23-15/h3-6,13-16H,2,7-12H2,1H3,(H,20,24)/t13-,14+,15-,16+/m1/s1. The number of hydrogen-bond acceptors (Lipinski definition) is 3. The zero-order valence-electron chi connectivity index (χ0n) is 14.2. The van der Waals surface area contributed by atoms with E-state index in [0.717, 1.165) is 41.5 Å². The van der Waals surface area contributed by atoms with Crippen LogP contribution >= 0.6 is 12.2 Å². The molecule has 2 bridgehead atoms. The summed E-state index contributed by atoms with van der Waals surface area (Å²) in [6, 6.07) is 8.43. The summed E-state index contributed by atoms with van der Waals surface area (Å²) in [5, 5.41) is 4.50. The first-order valence-electron chi connectivity index (χ1n) is 9.17. The number of rotatable bonds is 4. The Labute approximate surface area is 149 Å². The molecule has 0 amide bonds. The number of nitrogens with one attached hydrogen (secondary N) is 1. The van der Waals surface area contributed by atoms with Crippen LogP contribution in [-0.2, 0) is 0 Å². The van der Waals surface area contributed by atoms with E-state index in [4.69, 9.17) is 21.7 Å². The van der Waals surface area contributed by atoms with Gasteiger partial charge in [0, 0.05) is 12.6 Å². The van der Waals surface area contributed by atoms with Gasteiger partial charge < -0.3 is 19.7 Å². The molecule has 0 saturated heterocycles. The summed E-state index contributed by atoms with van der Waals surface area (Å²) in [5.74, 6) is 3.42. The number of ether oxygens (including phenoxy) is 2. The zero-order valence-corrected chi connectivity index (χ0v) is 15.1. The average molecular weight is 346 g/mol. The molecule has 4 rings (SSSR count). The number of fused-ring (bicyclic) bond motifs is 3. The minimum absolute atomic E-state index is 0.0135. The molecule has 1 N–H and O–H groups in total. The molecule has 0 unspecified atom stereocenters. The summed E-state index contributed by atoms with van der Waals surface area (Å²) in [6.07, 6.45) is 5.48. The van der Waals surface area contributed by atoms with Gasteiger partial charge in [0.2, 0.25) is 0 Å². The van der Waals surface area contributed by atoms with Crippen molar-refractivity contribution in [1.29, 1.82) is 0 Å². The first-order valence-corrected chi connectivity index (χ1v) is 9.57. The van der Waals surface area contributed by atoms with Crippen molar-refractivity contribution in [3.05, 3.63) is 24.3 Å². The first-order chi connectivity index (χ1) is 11.7. The van der Waals surface area contributed by atoms with Gasteiger partial charge in [-0.3, -0.25) is 0 Å². The van der Waals surface area contributed by atoms with Gasteiger partial charge in [0.15, 0.2) is 22.7 Å². The van der Waals surface area contributed by atoms with Crippen LogP contribution < -0.4 is 14.8 Å². The van der Waals surface area contributed by atoms with Crippen LogP contribution in [0.4, 0.5) is 0 Å². The fourth-order valence-corrected chi connectivity index (χ4v) is 4.78. The van der Waals surface area contributed by atoms with Gasteiger partial charge in [0.1, 0.15) is 6.61 Å². The second-order valence-corrected chi connectivity index (χ2v) is 7.65. The van der Waals surface area contributed by atoms with Gasteiger partial charge in [0.05, 0.1) is 6.54 Å². The molecule has 0 radical (unpaired) electrons. The van der Waals surface area contributed by atoms with Crippen molar-refractivity contribution in [3.8, 4) is 11.5 Å². The Morgan fingerprint density at radius 3 is 2.79 bits per heavy atom. The second kappa shape index (κ2) is 6.79. The lowest BCUT2D eigenvalue weighted by Crippen LogP contribution is -2.50. The highest BCUT2D eigenvalue weighted by Crippen LogP contribution is 2.44. The predicted molar refractivity (Wildman–Crippen MR) is 98.6 cm³/mol. The monoisotopic (exact) mass is 346 g/mol. The van der Waals surface area contributed by atoms with E-state index in [-0.39, 0.29) is 6.10 Å². The molecule has 1 aliphatic heterocycles. The van der Waals surface area contributed by atoms with E-state index in [2.05, 4.69) is 17.1 Å². The summed E-state index contributed by atoms with van der Waals surface area (Å²) in [6.45, 7) is 4.36. The molecule has 2 fully saturated rings. The quantitative estimate of drug-likeness (QED) is 0.847. The first kappa shape index (κ1) is 16.0. The Bertz CT molecular complexity index is 609. The molecule has 3 aliphatic rings. The second-order valence-electron chi connectivity index (χ2n) is 7.27. The number of likely N-dealkylation sites (N-methyl/N-ethyl adjacent to an activating group) is 1. The topological polar surface area (TPSA) is 33.7 Å². The smallest absolute Gasteiger partial charge is 0.169 e. The molecule has 1 aromatic carbocycles. The van der Waals surface area contributed by atoms with Crippen molar-refractivity contribution < 1.29 is 9.47 Å². The van der Waals surface area contributed by atoms with Crippen molar-refractivity contribution in [2.45, 2.75) is 44.8 Å². The van der Waals surface area contributed by atoms with E-state index in [1.165, 1.54) is 25.7 Å². The third-order valence-electron chi connectivity index (χ3n) is 5.71. The van der Waals surface area contributed by atoms with Crippen molar-refractivity contribution >= 4 is 17.3 Å². The Morgan fingerprint density at radius 2 is 2.08 bits per heavy atom. The third-order valence-corrected chi connectivity index (χ3v) is 6.08. The van der Waals surface area contributed by atoms with Gasteiger partial charge in [-0.2, -0.15) is 0 Å². The van der Waals surface area contributed by atoms with Crippen molar-refractivity contribution in [2.24, 2.45) is 11.8 Å². The molecule has 2 saturated carbocycles. The van der Waals surface area contributed by atoms with Crippen molar-refractivity contribution in [2.75, 3.05) is 19.7 Å². The highest BCUT2D eigenvalue weighted by molar-refractivity contribution is 7.80. The fourth-order valence-electron chi connectivity index (χ4n) is 4.43. The molecule has 1 heterocycles. The summed E-state index contributed by atoms with van der Waals surface area (Å²) in [5.41, 5.74) is 0. The Hall–Kier alpha value is -1.49. The molecule has 4 atom stereocenters. The Balaban J connectivity index is 1.33. The lowest BCUT2D eigenvalue weighted by atomic mass is 9.95. The lowest BCUT2D eigenvalue weighted by molar-refractivity contribution is 0.0746. The molecule has 5 heteroatoms. The van der Waals surface area contributed by atoms with Crippen LogP contribution in [0.3, 0.4) is 0 Å². The highest BCUT2D eigenvalue weighted by Gasteiger charge is 2.40. The minimum Gasteiger partial charge on any atom is -0.486 e. The Kier molecular flexibility index (Phi) is 4.53. The normalized spacial score (nSPS) is 30.2. The van der Waals surface area contributed by atoms with Crippen LogP contribution in [0.1, 0.15) is 32.6 Å². The average Bonchev–Trinajstić information content (AvgIpc) is 3.22. The van der Waals surface area contributed by atoms with Gasteiger partial charge in [-0.05, 0) is 62.4 Å². The van der Waals surface area contributed by atoms with Crippen LogP contribution in [0, 0.1) is 11.8 Å². The largest absolute Gasteiger partial charge is 0.486 e. The summed E-state index contributed by atoms with van der Waals surface area (Å²) in [7, 11) is 0. The van der Waals surface area contributed by atoms with Gasteiger partial charge in [-0.25, -0.2) is 0 Å². The van der Waals surface area contributed by atoms with Crippen LogP contribution in [0.5, 0.6) is 11.5 Å². The molecule has 2 aliphatic carbocycles. The van der Waals surface area contributed by atoms with E-state index in [1.54, 1.807) is 0 Å². The highest BCUT2D eigenvalue weighted by atomic mass is 32.1. The number of benzene rings is 1. The number of nitrogens with zero attached hydrogens (tertiary/aromatic N) is 1. The van der Waals surface area contributed by atoms with E-state index >= 15 is 0 Å². The van der Waals surface area contributed by atoms with E-state index < -0.39 is 0 Å². The minimum atomic E-state index is 0.0135. The summed E-state index contributed by atoms with van der Waals surface area (Å²) < 4.78 is 11.9. The van der Waals surface area contributed by atoms with Crippen LogP contribution in [0.2, 0.25) is 0 Å². The third kappa shape index (κ3) is 3.18. The molecular weight excluding hydrogens is 320 g/mol. The van der Waals surface area contributed by atoms with Gasteiger partial charge in [0.25, 0.3) is 0 Å². The molecule has 24 heavy (non-hydrogen) atoms. The van der Waals surface area contributed by atoms with E-state index in [0.29, 0.717) is 12.6 Å². The Morgan fingerprint density at radius 1 is 1.25 bits per heavy atom. The van der Waals surface area contributed by atoms with Crippen molar-refractivity contribution in [1.82, 2.24) is 10.2 Å². The maximum atomic E-state index is 6.08. The molecule has 1 aromatic rings. The maximum absolute atomic E-state index is 6.08. The number of thiocarbonyl (C=S) groups is 1. The van der Waals surface area contributed by atoms with Gasteiger partial charge in [-0.15, -0.1) is 0 Å². The zero-order chi connectivity index (χ0) is 16.5. The molecule has 0 spiro atoms. The number of para-hydroxylation sites is 2. The van der Waals surface area contributed by atoms with Crippen LogP contribution in [0.15, 0.2) is 24.3 Å². The maximum Gasteiger partial charge on any atom is 0.169 e.